The van der Waals surface area contributed by atoms with E-state index in [1.165, 1.54) is 0 Å². The first-order valence-electron chi connectivity index (χ1n) is 7.30. The second kappa shape index (κ2) is 7.32. The van der Waals surface area contributed by atoms with Gasteiger partial charge in [0.1, 0.15) is 10.7 Å². The standard InChI is InChI=1S/C15H23N3O3S/c1-9(19)7-18(5-6-21-4)8-12-16-14(20)13-10(2)11(3)22-15(13)17-12/h9,19H,5-8H2,1-4H3,(H,16,17,20). The lowest BCUT2D eigenvalue weighted by Gasteiger charge is -2.22. The number of H-pyrrole nitrogens is 1. The van der Waals surface area contributed by atoms with Crippen LogP contribution >= 0.6 is 11.3 Å². The van der Waals surface area contributed by atoms with E-state index < -0.39 is 6.10 Å². The minimum absolute atomic E-state index is 0.0920. The van der Waals surface area contributed by atoms with Crippen LogP contribution in [0.2, 0.25) is 0 Å². The molecule has 0 aliphatic carbocycles. The van der Waals surface area contributed by atoms with Crippen LogP contribution in [0.3, 0.4) is 0 Å². The Labute approximate surface area is 133 Å². The van der Waals surface area contributed by atoms with Gasteiger partial charge in [0.05, 0.1) is 24.6 Å². The molecular weight excluding hydrogens is 302 g/mol. The van der Waals surface area contributed by atoms with Crippen molar-refractivity contribution in [2.24, 2.45) is 0 Å². The number of fused-ring (bicyclic) bond motifs is 1. The van der Waals surface area contributed by atoms with Gasteiger partial charge in [0.15, 0.2) is 0 Å². The smallest absolute Gasteiger partial charge is 0.259 e. The molecule has 2 aromatic heterocycles. The fourth-order valence-corrected chi connectivity index (χ4v) is 3.46. The van der Waals surface area contributed by atoms with Gasteiger partial charge in [0, 0.05) is 25.1 Å². The van der Waals surface area contributed by atoms with Gasteiger partial charge in [-0.1, -0.05) is 0 Å². The molecular formula is C15H23N3O3S. The topological polar surface area (TPSA) is 78.5 Å². The predicted octanol–water partition coefficient (Wildman–Crippen LogP) is 1.43. The van der Waals surface area contributed by atoms with Crippen LogP contribution in [0.4, 0.5) is 0 Å². The average molecular weight is 325 g/mol. The molecule has 6 nitrogen and oxygen atoms in total. The molecule has 0 fully saturated rings. The van der Waals surface area contributed by atoms with E-state index in [0.717, 1.165) is 15.3 Å². The molecule has 0 bridgehead atoms. The van der Waals surface area contributed by atoms with Gasteiger partial charge in [-0.05, 0) is 26.3 Å². The second-order valence-electron chi connectivity index (χ2n) is 5.55. The molecule has 2 N–H and O–H groups in total. The van der Waals surface area contributed by atoms with Crippen molar-refractivity contribution >= 4 is 21.6 Å². The largest absolute Gasteiger partial charge is 0.392 e. The van der Waals surface area contributed by atoms with Gasteiger partial charge in [-0.25, -0.2) is 4.98 Å². The number of methoxy groups -OCH3 is 1. The number of nitrogens with one attached hydrogen (secondary N) is 1. The molecule has 0 radical (unpaired) electrons. The maximum atomic E-state index is 12.3. The van der Waals surface area contributed by atoms with Crippen molar-refractivity contribution in [1.29, 1.82) is 0 Å². The highest BCUT2D eigenvalue weighted by molar-refractivity contribution is 7.18. The summed E-state index contributed by atoms with van der Waals surface area (Å²) in [5.74, 6) is 0.621. The number of aromatic amines is 1. The van der Waals surface area contributed by atoms with E-state index in [9.17, 15) is 9.90 Å². The summed E-state index contributed by atoms with van der Waals surface area (Å²) in [4.78, 5) is 23.6. The van der Waals surface area contributed by atoms with Crippen LogP contribution in [0.5, 0.6) is 0 Å². The van der Waals surface area contributed by atoms with Crippen molar-refractivity contribution in [3.63, 3.8) is 0 Å². The van der Waals surface area contributed by atoms with E-state index in [1.54, 1.807) is 25.4 Å². The van der Waals surface area contributed by atoms with Gasteiger partial charge >= 0.3 is 0 Å². The summed E-state index contributed by atoms with van der Waals surface area (Å²) in [6.07, 6.45) is -0.446. The molecule has 22 heavy (non-hydrogen) atoms. The molecule has 1 atom stereocenters. The molecule has 0 aromatic carbocycles. The first-order valence-corrected chi connectivity index (χ1v) is 8.12. The van der Waals surface area contributed by atoms with E-state index in [-0.39, 0.29) is 5.56 Å². The van der Waals surface area contributed by atoms with Crippen molar-refractivity contribution < 1.29 is 9.84 Å². The molecule has 2 aromatic rings. The number of nitrogens with zero attached hydrogens (tertiary/aromatic N) is 2. The zero-order valence-corrected chi connectivity index (χ0v) is 14.3. The number of thiophene rings is 1. The van der Waals surface area contributed by atoms with E-state index >= 15 is 0 Å². The van der Waals surface area contributed by atoms with E-state index in [0.29, 0.717) is 37.5 Å². The van der Waals surface area contributed by atoms with Gasteiger partial charge in [0.2, 0.25) is 0 Å². The maximum Gasteiger partial charge on any atom is 0.259 e. The molecule has 7 heteroatoms. The number of hydrogen-bond donors (Lipinski definition) is 2. The third kappa shape index (κ3) is 3.92. The molecule has 0 saturated carbocycles. The summed E-state index contributed by atoms with van der Waals surface area (Å²) in [5, 5.41) is 10.3. The second-order valence-corrected chi connectivity index (χ2v) is 6.76. The minimum atomic E-state index is -0.446. The van der Waals surface area contributed by atoms with Crippen LogP contribution in [0.15, 0.2) is 4.79 Å². The highest BCUT2D eigenvalue weighted by Crippen LogP contribution is 2.25. The molecule has 0 aliphatic rings. The summed E-state index contributed by atoms with van der Waals surface area (Å²) in [6, 6.07) is 0. The molecule has 0 aliphatic heterocycles. The monoisotopic (exact) mass is 325 g/mol. The quantitative estimate of drug-likeness (QED) is 0.805. The van der Waals surface area contributed by atoms with Gasteiger partial charge in [-0.3, -0.25) is 9.69 Å². The maximum absolute atomic E-state index is 12.3. The van der Waals surface area contributed by atoms with Crippen LogP contribution in [0.25, 0.3) is 10.2 Å². The van der Waals surface area contributed by atoms with Crippen LogP contribution in [-0.4, -0.2) is 52.9 Å². The third-order valence-corrected chi connectivity index (χ3v) is 4.70. The van der Waals surface area contributed by atoms with Crippen molar-refractivity contribution in [1.82, 2.24) is 14.9 Å². The Morgan fingerprint density at radius 1 is 1.45 bits per heavy atom. The molecule has 0 spiro atoms. The number of aryl methyl sites for hydroxylation is 2. The zero-order chi connectivity index (χ0) is 16.3. The number of rotatable bonds is 7. The van der Waals surface area contributed by atoms with Crippen molar-refractivity contribution in [3.05, 3.63) is 26.6 Å². The highest BCUT2D eigenvalue weighted by Gasteiger charge is 2.14. The fourth-order valence-electron chi connectivity index (χ4n) is 2.41. The minimum Gasteiger partial charge on any atom is -0.392 e. The first-order chi connectivity index (χ1) is 10.4. The molecule has 0 saturated heterocycles. The Bertz CT molecular complexity index is 693. The fraction of sp³-hybridized carbons (Fsp3) is 0.600. The third-order valence-electron chi connectivity index (χ3n) is 3.60. The summed E-state index contributed by atoms with van der Waals surface area (Å²) in [7, 11) is 1.64. The van der Waals surface area contributed by atoms with Gasteiger partial charge in [0.25, 0.3) is 5.56 Å². The Balaban J connectivity index is 2.27. The van der Waals surface area contributed by atoms with Crippen LogP contribution in [0.1, 0.15) is 23.2 Å². The predicted molar refractivity (Wildman–Crippen MR) is 88.5 cm³/mol. The lowest BCUT2D eigenvalue weighted by Crippen LogP contribution is -2.34. The van der Waals surface area contributed by atoms with Crippen molar-refractivity contribution in [2.75, 3.05) is 26.8 Å². The first kappa shape index (κ1) is 17.1. The molecule has 2 heterocycles. The SMILES string of the molecule is COCCN(Cc1nc2sc(C)c(C)c2c(=O)[nH]1)CC(C)O. The Morgan fingerprint density at radius 3 is 2.82 bits per heavy atom. The van der Waals surface area contributed by atoms with E-state index in [2.05, 4.69) is 9.97 Å². The number of aliphatic hydroxyl groups excluding tert-OH is 1. The van der Waals surface area contributed by atoms with Crippen molar-refractivity contribution in [3.8, 4) is 0 Å². The number of ether oxygens (including phenoxy) is 1. The lowest BCUT2D eigenvalue weighted by atomic mass is 10.2. The van der Waals surface area contributed by atoms with Crippen LogP contribution in [0, 0.1) is 13.8 Å². The van der Waals surface area contributed by atoms with Crippen LogP contribution in [-0.2, 0) is 11.3 Å². The zero-order valence-electron chi connectivity index (χ0n) is 13.5. The lowest BCUT2D eigenvalue weighted by molar-refractivity contribution is 0.0925. The summed E-state index contributed by atoms with van der Waals surface area (Å²) in [5.41, 5.74) is 0.908. The number of hydrogen-bond acceptors (Lipinski definition) is 6. The summed E-state index contributed by atoms with van der Waals surface area (Å²) < 4.78 is 5.09. The molecule has 1 unspecified atom stereocenters. The molecule has 2 rings (SSSR count). The number of aliphatic hydroxyl groups is 1. The molecule has 0 amide bonds. The summed E-state index contributed by atoms with van der Waals surface area (Å²) >= 11 is 1.54. The van der Waals surface area contributed by atoms with E-state index in [1.807, 2.05) is 18.7 Å². The normalized spacial score (nSPS) is 13.2. The van der Waals surface area contributed by atoms with Gasteiger partial charge in [-0.15, -0.1) is 11.3 Å². The number of aromatic nitrogens is 2. The van der Waals surface area contributed by atoms with Crippen molar-refractivity contribution in [2.45, 2.75) is 33.4 Å². The Morgan fingerprint density at radius 2 is 2.18 bits per heavy atom. The molecule has 122 valence electrons. The Kier molecular flexibility index (Phi) is 5.69. The van der Waals surface area contributed by atoms with E-state index in [4.69, 9.17) is 4.74 Å². The van der Waals surface area contributed by atoms with Gasteiger partial charge < -0.3 is 14.8 Å². The summed E-state index contributed by atoms with van der Waals surface area (Å²) in [6.45, 7) is 7.92. The van der Waals surface area contributed by atoms with Gasteiger partial charge in [-0.2, -0.15) is 0 Å². The average Bonchev–Trinajstić information content (AvgIpc) is 2.71. The highest BCUT2D eigenvalue weighted by atomic mass is 32.1. The van der Waals surface area contributed by atoms with Crippen LogP contribution < -0.4 is 5.56 Å². The Hall–Kier alpha value is -1.28.